The number of pyridine rings is 2. The lowest BCUT2D eigenvalue weighted by Gasteiger charge is -2.34. The summed E-state index contributed by atoms with van der Waals surface area (Å²) in [6.45, 7) is 3.61. The molecule has 0 spiro atoms. The molecule has 1 saturated heterocycles. The van der Waals surface area contributed by atoms with Gasteiger partial charge in [0.2, 0.25) is 0 Å². The summed E-state index contributed by atoms with van der Waals surface area (Å²) in [5.74, 6) is 0.570. The van der Waals surface area contributed by atoms with Crippen LogP contribution in [0.2, 0.25) is 0 Å². The van der Waals surface area contributed by atoms with Gasteiger partial charge in [0.05, 0.1) is 11.1 Å². The zero-order chi connectivity index (χ0) is 20.9. The number of aromatic nitrogens is 4. The third-order valence-electron chi connectivity index (χ3n) is 5.76. The van der Waals surface area contributed by atoms with Crippen LogP contribution >= 0.6 is 0 Å². The highest BCUT2D eigenvalue weighted by Gasteiger charge is 2.32. The number of fused-ring (bicyclic) bond motifs is 2. The molecular weight excluding hydrogens is 391 g/mol. The Morgan fingerprint density at radius 3 is 2.77 bits per heavy atom. The number of hydrogen-bond acceptors (Lipinski definition) is 4. The zero-order valence-electron chi connectivity index (χ0n) is 16.4. The van der Waals surface area contributed by atoms with Gasteiger partial charge in [-0.05, 0) is 50.1 Å². The summed E-state index contributed by atoms with van der Waals surface area (Å²) in [5.41, 5.74) is 2.93. The van der Waals surface area contributed by atoms with Crippen LogP contribution < -0.4 is 4.90 Å². The van der Waals surface area contributed by atoms with Crippen LogP contribution in [0.1, 0.15) is 35.7 Å². The van der Waals surface area contributed by atoms with E-state index in [2.05, 4.69) is 33.1 Å². The summed E-state index contributed by atoms with van der Waals surface area (Å²) >= 11 is 0. The first-order valence-electron chi connectivity index (χ1n) is 9.92. The molecule has 0 amide bonds. The van der Waals surface area contributed by atoms with Gasteiger partial charge in [-0.15, -0.1) is 10.2 Å². The maximum Gasteiger partial charge on any atom is 0.417 e. The molecule has 0 aliphatic carbocycles. The van der Waals surface area contributed by atoms with Crippen molar-refractivity contribution < 1.29 is 13.2 Å². The zero-order valence-corrected chi connectivity index (χ0v) is 16.4. The third-order valence-corrected chi connectivity index (χ3v) is 5.76. The standard InChI is InChI=1S/C22H20F3N5/c1-14-4-6-18-17(11-14)19(8-9-26-18)29-10-2-3-15(12-29)21-28-27-20-7-5-16(13-30(20)21)22(23,24)25/h4-9,11,13,15H,2-3,10,12H2,1H3. The van der Waals surface area contributed by atoms with Gasteiger partial charge in [0.1, 0.15) is 5.82 Å². The number of anilines is 1. The van der Waals surface area contributed by atoms with Crippen molar-refractivity contribution in [3.05, 3.63) is 65.7 Å². The Morgan fingerprint density at radius 1 is 1.07 bits per heavy atom. The first kappa shape index (κ1) is 18.8. The van der Waals surface area contributed by atoms with Gasteiger partial charge in [0.25, 0.3) is 0 Å². The molecule has 0 saturated carbocycles. The fourth-order valence-electron chi connectivity index (χ4n) is 4.28. The van der Waals surface area contributed by atoms with Gasteiger partial charge in [0.15, 0.2) is 5.65 Å². The van der Waals surface area contributed by atoms with Crippen molar-refractivity contribution in [2.24, 2.45) is 0 Å². The van der Waals surface area contributed by atoms with Crippen LogP contribution in [0.3, 0.4) is 0 Å². The fourth-order valence-corrected chi connectivity index (χ4v) is 4.28. The molecule has 4 aromatic rings. The topological polar surface area (TPSA) is 46.3 Å². The average Bonchev–Trinajstić information content (AvgIpc) is 3.16. The highest BCUT2D eigenvalue weighted by atomic mass is 19.4. The summed E-state index contributed by atoms with van der Waals surface area (Å²) in [6.07, 6.45) is 0.291. The molecule has 0 N–H and O–H groups in total. The molecule has 154 valence electrons. The lowest BCUT2D eigenvalue weighted by Crippen LogP contribution is -2.35. The highest BCUT2D eigenvalue weighted by Crippen LogP contribution is 2.34. The molecule has 5 nitrogen and oxygen atoms in total. The van der Waals surface area contributed by atoms with Crippen molar-refractivity contribution in [3.63, 3.8) is 0 Å². The molecule has 5 rings (SSSR count). The van der Waals surface area contributed by atoms with Crippen LogP contribution in [0, 0.1) is 6.92 Å². The van der Waals surface area contributed by atoms with Crippen LogP contribution in [-0.4, -0.2) is 32.7 Å². The smallest absolute Gasteiger partial charge is 0.370 e. The van der Waals surface area contributed by atoms with Crippen LogP contribution in [0.15, 0.2) is 48.8 Å². The monoisotopic (exact) mass is 411 g/mol. The molecule has 1 aromatic carbocycles. The number of nitrogens with zero attached hydrogens (tertiary/aromatic N) is 5. The number of hydrogen-bond donors (Lipinski definition) is 0. The van der Waals surface area contributed by atoms with Gasteiger partial charge >= 0.3 is 6.18 Å². The Morgan fingerprint density at radius 2 is 1.93 bits per heavy atom. The lowest BCUT2D eigenvalue weighted by molar-refractivity contribution is -0.137. The van der Waals surface area contributed by atoms with E-state index in [9.17, 15) is 13.2 Å². The van der Waals surface area contributed by atoms with E-state index in [1.165, 1.54) is 10.5 Å². The van der Waals surface area contributed by atoms with Crippen LogP contribution in [0.4, 0.5) is 18.9 Å². The second-order valence-corrected chi connectivity index (χ2v) is 7.84. The van der Waals surface area contributed by atoms with Gasteiger partial charge in [0, 0.05) is 42.5 Å². The van der Waals surface area contributed by atoms with Gasteiger partial charge < -0.3 is 4.90 Å². The van der Waals surface area contributed by atoms with E-state index < -0.39 is 11.7 Å². The predicted molar refractivity (Wildman–Crippen MR) is 109 cm³/mol. The normalized spacial score (nSPS) is 17.7. The van der Waals surface area contributed by atoms with E-state index >= 15 is 0 Å². The third kappa shape index (κ3) is 3.26. The van der Waals surface area contributed by atoms with E-state index in [0.29, 0.717) is 18.0 Å². The molecule has 0 bridgehead atoms. The minimum atomic E-state index is -4.40. The Balaban J connectivity index is 1.52. The largest absolute Gasteiger partial charge is 0.417 e. The average molecular weight is 411 g/mol. The maximum atomic E-state index is 13.2. The van der Waals surface area contributed by atoms with Crippen LogP contribution in [0.5, 0.6) is 0 Å². The lowest BCUT2D eigenvalue weighted by atomic mass is 9.96. The molecule has 4 heterocycles. The summed E-state index contributed by atoms with van der Waals surface area (Å²) in [5, 5.41) is 9.43. The van der Waals surface area contributed by atoms with Crippen LogP contribution in [0.25, 0.3) is 16.6 Å². The van der Waals surface area contributed by atoms with Gasteiger partial charge in [-0.3, -0.25) is 9.38 Å². The SMILES string of the molecule is Cc1ccc2nccc(N3CCCC(c4nnc5ccc(C(F)(F)F)cn45)C3)c2c1. The van der Waals surface area contributed by atoms with E-state index in [1.807, 2.05) is 18.2 Å². The van der Waals surface area contributed by atoms with Crippen molar-refractivity contribution >= 4 is 22.2 Å². The molecule has 1 unspecified atom stereocenters. The molecule has 1 aliphatic heterocycles. The maximum absolute atomic E-state index is 13.2. The number of benzene rings is 1. The van der Waals surface area contributed by atoms with E-state index in [-0.39, 0.29) is 5.92 Å². The minimum Gasteiger partial charge on any atom is -0.370 e. The Bertz CT molecular complexity index is 1230. The number of rotatable bonds is 2. The summed E-state index contributed by atoms with van der Waals surface area (Å²) in [7, 11) is 0. The van der Waals surface area contributed by atoms with Crippen molar-refractivity contribution in [3.8, 4) is 0 Å². The van der Waals surface area contributed by atoms with Gasteiger partial charge in [-0.1, -0.05) is 11.6 Å². The Hall–Kier alpha value is -3.16. The number of piperidine rings is 1. The molecule has 30 heavy (non-hydrogen) atoms. The van der Waals surface area contributed by atoms with Gasteiger partial charge in [-0.25, -0.2) is 0 Å². The molecular formula is C22H20F3N5. The Labute approximate surface area is 171 Å². The number of aryl methyl sites for hydroxylation is 1. The highest BCUT2D eigenvalue weighted by molar-refractivity contribution is 5.92. The van der Waals surface area contributed by atoms with Crippen molar-refractivity contribution in [1.29, 1.82) is 0 Å². The number of alkyl halides is 3. The molecule has 8 heteroatoms. The first-order chi connectivity index (χ1) is 14.4. The van der Waals surface area contributed by atoms with Crippen molar-refractivity contribution in [2.75, 3.05) is 18.0 Å². The van der Waals surface area contributed by atoms with Gasteiger partial charge in [-0.2, -0.15) is 13.2 Å². The van der Waals surface area contributed by atoms with E-state index in [4.69, 9.17) is 0 Å². The quantitative estimate of drug-likeness (QED) is 0.466. The summed E-state index contributed by atoms with van der Waals surface area (Å²) in [4.78, 5) is 6.74. The molecule has 1 fully saturated rings. The van der Waals surface area contributed by atoms with E-state index in [0.717, 1.165) is 53.8 Å². The second-order valence-electron chi connectivity index (χ2n) is 7.84. The molecule has 1 atom stereocenters. The molecule has 1 aliphatic rings. The van der Waals surface area contributed by atoms with Crippen molar-refractivity contribution in [1.82, 2.24) is 19.6 Å². The molecule has 3 aromatic heterocycles. The van der Waals surface area contributed by atoms with Crippen molar-refractivity contribution in [2.45, 2.75) is 31.9 Å². The molecule has 0 radical (unpaired) electrons. The summed E-state index contributed by atoms with van der Waals surface area (Å²) < 4.78 is 41.1. The number of halogens is 3. The predicted octanol–water partition coefficient (Wildman–Crippen LogP) is 4.99. The minimum absolute atomic E-state index is 0.00902. The first-order valence-corrected chi connectivity index (χ1v) is 9.92. The van der Waals surface area contributed by atoms with E-state index in [1.54, 1.807) is 6.20 Å². The Kier molecular flexibility index (Phi) is 4.38. The fraction of sp³-hybridized carbons (Fsp3) is 0.318. The van der Waals surface area contributed by atoms with Crippen LogP contribution in [-0.2, 0) is 6.18 Å². The second kappa shape index (κ2) is 6.97. The summed E-state index contributed by atoms with van der Waals surface area (Å²) in [6, 6.07) is 10.6.